The lowest BCUT2D eigenvalue weighted by molar-refractivity contribution is 0.0448. The number of rotatable bonds is 4. The molecule has 4 aliphatic rings. The van der Waals surface area contributed by atoms with E-state index in [1.54, 1.807) is 0 Å². The monoisotopic (exact) mass is 661 g/mol. The Kier molecular flexibility index (Phi) is 7.14. The number of nitrogens with zero attached hydrogens (tertiary/aromatic N) is 8. The van der Waals surface area contributed by atoms with E-state index in [0.717, 1.165) is 94.2 Å². The maximum atomic E-state index is 11.1. The smallest absolute Gasteiger partial charge is 0.186 e. The summed E-state index contributed by atoms with van der Waals surface area (Å²) in [6, 6.07) is 2.75. The average Bonchev–Trinajstić information content (AvgIpc) is 3.81. The zero-order chi connectivity index (χ0) is 32.0. The number of piperidine rings is 1. The first-order chi connectivity index (χ1) is 22.1. The van der Waals surface area contributed by atoms with Crippen molar-refractivity contribution in [2.75, 3.05) is 37.3 Å². The molecule has 0 aromatic carbocycles. The van der Waals surface area contributed by atoms with Gasteiger partial charge >= 0.3 is 0 Å². The number of likely N-dealkylation sites (tertiary alicyclic amines) is 1. The lowest BCUT2D eigenvalue weighted by atomic mass is 9.63. The number of anilines is 2. The fourth-order valence-corrected chi connectivity index (χ4v) is 10.3. The van der Waals surface area contributed by atoms with Crippen LogP contribution in [0.1, 0.15) is 98.6 Å². The zero-order valence-corrected chi connectivity index (χ0v) is 28.2. The first-order valence-corrected chi connectivity index (χ1v) is 17.8. The molecular weight excluding hydrogens is 622 g/mol. The van der Waals surface area contributed by atoms with Gasteiger partial charge in [-0.1, -0.05) is 16.8 Å². The van der Waals surface area contributed by atoms with Crippen molar-refractivity contribution in [2.45, 2.75) is 101 Å². The van der Waals surface area contributed by atoms with Gasteiger partial charge in [-0.25, -0.2) is 14.6 Å². The van der Waals surface area contributed by atoms with Crippen LogP contribution in [-0.4, -0.2) is 73.2 Å². The summed E-state index contributed by atoms with van der Waals surface area (Å²) in [5.74, 6) is 1.96. The number of aromatic nitrogens is 5. The lowest BCUT2D eigenvalue weighted by Crippen LogP contribution is -2.46. The van der Waals surface area contributed by atoms with E-state index in [-0.39, 0.29) is 6.04 Å². The van der Waals surface area contributed by atoms with Crippen LogP contribution in [0.5, 0.6) is 0 Å². The molecule has 8 rings (SSSR count). The van der Waals surface area contributed by atoms with Crippen LogP contribution in [0.4, 0.5) is 10.8 Å². The highest BCUT2D eigenvalue weighted by Gasteiger charge is 2.49. The molecule has 6 heterocycles. The van der Waals surface area contributed by atoms with Crippen LogP contribution in [0.2, 0.25) is 5.15 Å². The summed E-state index contributed by atoms with van der Waals surface area (Å²) in [7, 11) is 2.16. The Morgan fingerprint density at radius 2 is 1.96 bits per heavy atom. The van der Waals surface area contributed by atoms with Crippen LogP contribution in [-0.2, 0) is 18.3 Å². The summed E-state index contributed by atoms with van der Waals surface area (Å²) in [6.07, 6.45) is 9.18. The molecule has 0 amide bonds. The van der Waals surface area contributed by atoms with E-state index in [1.807, 2.05) is 11.6 Å². The number of nitriles is 1. The van der Waals surface area contributed by atoms with E-state index < -0.39 is 11.0 Å². The van der Waals surface area contributed by atoms with Crippen molar-refractivity contribution in [3.63, 3.8) is 0 Å². The standard InChI is InChI=1S/C33H40ClN9O2S/c1-18(21-9-6-14-41(21)3)43-31-23(27(34)39-43)30(42-15-7-11-32(2,44)17-42)37-29(38-31)25-19-8-4-12-33(26(19)45-40-25)13-5-10-22-24(33)20(16-35)28(36)46-22/h18,21,44H,4-15,17,36H2,1-3H3. The van der Waals surface area contributed by atoms with Gasteiger partial charge in [0.2, 0.25) is 0 Å². The van der Waals surface area contributed by atoms with Crippen LogP contribution >= 0.6 is 22.9 Å². The Labute approximate surface area is 277 Å². The SMILES string of the molecule is CC(C1CCCN1C)n1nc(Cl)c2c(N3CCCC(C)(O)C3)nc(-c3noc4c3CCCC43CCCc4sc(N)c(C#N)c43)nc21. The number of aliphatic hydroxyl groups is 1. The number of nitrogen functional groups attached to an aromatic ring is 1. The molecule has 13 heteroatoms. The highest BCUT2D eigenvalue weighted by atomic mass is 35.5. The van der Waals surface area contributed by atoms with Crippen LogP contribution in [0.15, 0.2) is 4.52 Å². The van der Waals surface area contributed by atoms with Crippen molar-refractivity contribution in [3.05, 3.63) is 32.5 Å². The predicted octanol–water partition coefficient (Wildman–Crippen LogP) is 5.62. The van der Waals surface area contributed by atoms with Crippen LogP contribution in [0.25, 0.3) is 22.6 Å². The summed E-state index contributed by atoms with van der Waals surface area (Å²) in [4.78, 5) is 16.0. The number of thiophene rings is 1. The molecule has 2 fully saturated rings. The molecule has 46 heavy (non-hydrogen) atoms. The minimum absolute atomic E-state index is 0.0335. The molecule has 4 aromatic rings. The minimum atomic E-state index is -0.850. The molecular formula is C33H40ClN9O2S. The van der Waals surface area contributed by atoms with Crippen molar-refractivity contribution >= 4 is 44.8 Å². The van der Waals surface area contributed by atoms with Crippen molar-refractivity contribution < 1.29 is 9.63 Å². The van der Waals surface area contributed by atoms with Gasteiger partial charge < -0.3 is 25.2 Å². The number of hydrogen-bond acceptors (Lipinski definition) is 11. The van der Waals surface area contributed by atoms with E-state index in [1.165, 1.54) is 16.2 Å². The molecule has 242 valence electrons. The maximum Gasteiger partial charge on any atom is 0.186 e. The molecule has 4 aromatic heterocycles. The van der Waals surface area contributed by atoms with Gasteiger partial charge in [-0.3, -0.25) is 0 Å². The average molecular weight is 662 g/mol. The topological polar surface area (TPSA) is 146 Å². The Morgan fingerprint density at radius 3 is 2.70 bits per heavy atom. The van der Waals surface area contributed by atoms with Crippen molar-refractivity contribution in [1.29, 1.82) is 5.26 Å². The van der Waals surface area contributed by atoms with Gasteiger partial charge in [-0.2, -0.15) is 10.4 Å². The first-order valence-electron chi connectivity index (χ1n) is 16.6. The number of fused-ring (bicyclic) bond motifs is 5. The Morgan fingerprint density at radius 1 is 1.15 bits per heavy atom. The molecule has 2 aliphatic carbocycles. The second-order valence-corrected chi connectivity index (χ2v) is 15.6. The van der Waals surface area contributed by atoms with E-state index in [0.29, 0.717) is 56.7 Å². The zero-order valence-electron chi connectivity index (χ0n) is 26.6. The highest BCUT2D eigenvalue weighted by Crippen LogP contribution is 2.55. The third-order valence-electron chi connectivity index (χ3n) is 11.1. The summed E-state index contributed by atoms with van der Waals surface area (Å²) >= 11 is 8.48. The normalized spacial score (nSPS) is 27.2. The summed E-state index contributed by atoms with van der Waals surface area (Å²) < 4.78 is 8.29. The van der Waals surface area contributed by atoms with Crippen molar-refractivity contribution in [2.24, 2.45) is 0 Å². The van der Waals surface area contributed by atoms with Gasteiger partial charge in [0.15, 0.2) is 28.1 Å². The minimum Gasteiger partial charge on any atom is -0.389 e. The molecule has 2 saturated heterocycles. The second kappa shape index (κ2) is 10.9. The predicted molar refractivity (Wildman–Crippen MR) is 178 cm³/mol. The van der Waals surface area contributed by atoms with E-state index in [4.69, 9.17) is 42.1 Å². The van der Waals surface area contributed by atoms with Crippen molar-refractivity contribution in [1.82, 2.24) is 29.8 Å². The number of hydrogen-bond donors (Lipinski definition) is 2. The van der Waals surface area contributed by atoms with Gasteiger partial charge in [0.05, 0.1) is 22.6 Å². The third-order valence-corrected chi connectivity index (χ3v) is 12.4. The largest absolute Gasteiger partial charge is 0.389 e. The molecule has 0 bridgehead atoms. The second-order valence-electron chi connectivity index (χ2n) is 14.1. The summed E-state index contributed by atoms with van der Waals surface area (Å²) in [5.41, 5.74) is 9.03. The molecule has 3 N–H and O–H groups in total. The molecule has 4 unspecified atom stereocenters. The molecule has 11 nitrogen and oxygen atoms in total. The van der Waals surface area contributed by atoms with Gasteiger partial charge in [-0.05, 0) is 97.2 Å². The summed E-state index contributed by atoms with van der Waals surface area (Å²) in [5, 5.41) is 32.4. The third kappa shape index (κ3) is 4.49. The lowest BCUT2D eigenvalue weighted by Gasteiger charge is -2.39. The first kappa shape index (κ1) is 30.1. The van der Waals surface area contributed by atoms with Gasteiger partial charge in [0.25, 0.3) is 0 Å². The number of β-amino-alcohol motifs (C(OH)–C–C–N with tert-alkyl or cyclic N) is 1. The number of nitrogens with two attached hydrogens (primary N) is 1. The Balaban J connectivity index is 1.32. The van der Waals surface area contributed by atoms with Gasteiger partial charge in [0.1, 0.15) is 22.3 Å². The highest BCUT2D eigenvalue weighted by molar-refractivity contribution is 7.16. The van der Waals surface area contributed by atoms with Gasteiger partial charge in [-0.15, -0.1) is 11.3 Å². The Hall–Kier alpha value is -3.24. The molecule has 1 spiro atoms. The number of aryl methyl sites for hydroxylation is 1. The van der Waals surface area contributed by atoms with Crippen LogP contribution < -0.4 is 10.6 Å². The number of halogens is 1. The number of likely N-dealkylation sites (N-methyl/N-ethyl adjacent to an activating group) is 1. The summed E-state index contributed by atoms with van der Waals surface area (Å²) in [6.45, 7) is 6.28. The fourth-order valence-electron chi connectivity index (χ4n) is 8.92. The molecule has 0 radical (unpaired) electrons. The van der Waals surface area contributed by atoms with Crippen LogP contribution in [0.3, 0.4) is 0 Å². The fraction of sp³-hybridized carbons (Fsp3) is 0.606. The molecule has 0 saturated carbocycles. The van der Waals surface area contributed by atoms with E-state index >= 15 is 0 Å². The Bertz CT molecular complexity index is 1890. The molecule has 2 aliphatic heterocycles. The van der Waals surface area contributed by atoms with Crippen molar-refractivity contribution in [3.8, 4) is 17.6 Å². The molecule has 4 atom stereocenters. The van der Waals surface area contributed by atoms with E-state index in [9.17, 15) is 10.4 Å². The van der Waals surface area contributed by atoms with Gasteiger partial charge in [0, 0.05) is 29.6 Å². The quantitative estimate of drug-likeness (QED) is 0.283. The van der Waals surface area contributed by atoms with Crippen LogP contribution in [0, 0.1) is 11.3 Å². The maximum absolute atomic E-state index is 11.1. The van der Waals surface area contributed by atoms with E-state index in [2.05, 4.69) is 29.8 Å².